The van der Waals surface area contributed by atoms with Crippen molar-refractivity contribution in [2.75, 3.05) is 11.9 Å². The smallest absolute Gasteiger partial charge is 0.127 e. The minimum absolute atomic E-state index is 0.128. The van der Waals surface area contributed by atoms with Crippen molar-refractivity contribution in [1.29, 1.82) is 5.26 Å². The number of hydrogen-bond donors (Lipinski definition) is 1. The van der Waals surface area contributed by atoms with E-state index in [0.717, 1.165) is 52.1 Å². The van der Waals surface area contributed by atoms with Gasteiger partial charge in [-0.15, -0.1) is 0 Å². The van der Waals surface area contributed by atoms with Gasteiger partial charge in [0.2, 0.25) is 0 Å². The fraction of sp³-hybridized carbons (Fsp3) is 0.273. The van der Waals surface area contributed by atoms with Gasteiger partial charge in [-0.25, -0.2) is 4.98 Å². The molecule has 0 amide bonds. The lowest BCUT2D eigenvalue weighted by atomic mass is 9.95. The molecule has 4 nitrogen and oxygen atoms in total. The largest absolute Gasteiger partial charge is 0.369 e. The topological polar surface area (TPSA) is 52.0 Å². The Hall–Kier alpha value is -4.10. The third-order valence-electron chi connectivity index (χ3n) is 7.58. The van der Waals surface area contributed by atoms with E-state index in [0.29, 0.717) is 11.6 Å². The highest BCUT2D eigenvalue weighted by Crippen LogP contribution is 2.35. The molecule has 1 aliphatic rings. The maximum absolute atomic E-state index is 9.19. The zero-order valence-electron chi connectivity index (χ0n) is 21.7. The van der Waals surface area contributed by atoms with Crippen LogP contribution in [0.15, 0.2) is 85.4 Å². The summed E-state index contributed by atoms with van der Waals surface area (Å²) >= 11 is 0. The molecule has 37 heavy (non-hydrogen) atoms. The van der Waals surface area contributed by atoms with E-state index in [1.807, 2.05) is 30.3 Å². The second-order valence-corrected chi connectivity index (χ2v) is 9.95. The first-order valence-electron chi connectivity index (χ1n) is 13.3. The quantitative estimate of drug-likeness (QED) is 0.286. The number of nitrogens with one attached hydrogen (secondary N) is 1. The number of benzene rings is 3. The number of fused-ring (bicyclic) bond motifs is 1. The number of aromatic nitrogens is 1. The number of hydrogen-bond acceptors (Lipinski definition) is 4. The second-order valence-electron chi connectivity index (χ2n) is 9.95. The summed E-state index contributed by atoms with van der Waals surface area (Å²) in [5.74, 6) is 0.858. The van der Waals surface area contributed by atoms with Gasteiger partial charge in [-0.3, -0.25) is 0 Å². The molecular formula is C33H34N4. The van der Waals surface area contributed by atoms with Crippen LogP contribution < -0.4 is 5.32 Å². The standard InChI is InChI=1S/C33H34N4/c1-4-29-12-8-9-19-37(29)24(3)30-21-33(35-23(2)26-10-6-5-7-11-26)36-32-18-17-28(20-31(30)32)27-15-13-25(22-34)14-16-27/h5-7,10-11,13-18,20-21,23,29H,3-4,8-9,12,19H2,1-2H3,(H,35,36). The zero-order chi connectivity index (χ0) is 25.8. The second kappa shape index (κ2) is 10.9. The van der Waals surface area contributed by atoms with Crippen LogP contribution in [0.4, 0.5) is 5.82 Å². The highest BCUT2D eigenvalue weighted by Gasteiger charge is 2.24. The van der Waals surface area contributed by atoms with Gasteiger partial charge in [0.15, 0.2) is 0 Å². The van der Waals surface area contributed by atoms with Crippen molar-refractivity contribution in [3.05, 3.63) is 102 Å². The average Bonchev–Trinajstić information content (AvgIpc) is 2.96. The molecule has 1 N–H and O–H groups in total. The number of nitriles is 1. The van der Waals surface area contributed by atoms with Crippen molar-refractivity contribution in [3.8, 4) is 17.2 Å². The number of likely N-dealkylation sites (tertiary alicyclic amines) is 1. The Morgan fingerprint density at radius 3 is 2.54 bits per heavy atom. The lowest BCUT2D eigenvalue weighted by Gasteiger charge is -2.38. The van der Waals surface area contributed by atoms with E-state index >= 15 is 0 Å². The normalized spacial score (nSPS) is 16.2. The molecule has 0 spiro atoms. The Morgan fingerprint density at radius 1 is 1.05 bits per heavy atom. The number of piperidine rings is 1. The summed E-state index contributed by atoms with van der Waals surface area (Å²) in [6, 6.07) is 29.7. The maximum Gasteiger partial charge on any atom is 0.127 e. The molecule has 1 fully saturated rings. The van der Waals surface area contributed by atoms with E-state index in [1.165, 1.54) is 24.8 Å². The zero-order valence-corrected chi connectivity index (χ0v) is 21.7. The Bertz CT molecular complexity index is 1430. The summed E-state index contributed by atoms with van der Waals surface area (Å²) in [6.45, 7) is 10.1. The van der Waals surface area contributed by atoms with Crippen LogP contribution in [0, 0.1) is 11.3 Å². The van der Waals surface area contributed by atoms with Crippen LogP contribution in [-0.4, -0.2) is 22.5 Å². The number of nitrogens with zero attached hydrogens (tertiary/aromatic N) is 3. The number of pyridine rings is 1. The molecule has 1 saturated heterocycles. The van der Waals surface area contributed by atoms with Crippen molar-refractivity contribution in [2.24, 2.45) is 0 Å². The van der Waals surface area contributed by atoms with Crippen molar-refractivity contribution in [3.63, 3.8) is 0 Å². The van der Waals surface area contributed by atoms with Gasteiger partial charge in [0.25, 0.3) is 0 Å². The number of anilines is 1. The minimum atomic E-state index is 0.128. The van der Waals surface area contributed by atoms with Gasteiger partial charge in [0.1, 0.15) is 5.82 Å². The Balaban J connectivity index is 1.59. The van der Waals surface area contributed by atoms with Gasteiger partial charge in [-0.05, 0) is 79.6 Å². The molecule has 4 aromatic rings. The summed E-state index contributed by atoms with van der Waals surface area (Å²) < 4.78 is 0. The van der Waals surface area contributed by atoms with Gasteiger partial charge in [0.05, 0.1) is 17.1 Å². The third-order valence-corrected chi connectivity index (χ3v) is 7.58. The first-order valence-corrected chi connectivity index (χ1v) is 13.3. The summed E-state index contributed by atoms with van der Waals surface area (Å²) in [6.07, 6.45) is 4.81. The summed E-state index contributed by atoms with van der Waals surface area (Å²) in [5, 5.41) is 13.9. The molecule has 4 heteroatoms. The van der Waals surface area contributed by atoms with Gasteiger partial charge in [-0.2, -0.15) is 5.26 Å². The van der Waals surface area contributed by atoms with Crippen LogP contribution in [0.3, 0.4) is 0 Å². The van der Waals surface area contributed by atoms with Gasteiger partial charge >= 0.3 is 0 Å². The van der Waals surface area contributed by atoms with E-state index in [-0.39, 0.29) is 6.04 Å². The molecule has 2 heterocycles. The molecule has 1 aliphatic heterocycles. The molecule has 5 rings (SSSR count). The Labute approximate surface area is 220 Å². The minimum Gasteiger partial charge on any atom is -0.369 e. The summed E-state index contributed by atoms with van der Waals surface area (Å²) in [5.41, 5.74) is 7.24. The van der Waals surface area contributed by atoms with E-state index < -0.39 is 0 Å². The highest BCUT2D eigenvalue weighted by atomic mass is 15.2. The van der Waals surface area contributed by atoms with Crippen molar-refractivity contribution >= 4 is 22.4 Å². The Morgan fingerprint density at radius 2 is 1.81 bits per heavy atom. The maximum atomic E-state index is 9.19. The molecule has 2 unspecified atom stereocenters. The van der Waals surface area contributed by atoms with Crippen LogP contribution >= 0.6 is 0 Å². The van der Waals surface area contributed by atoms with E-state index in [9.17, 15) is 5.26 Å². The van der Waals surface area contributed by atoms with E-state index in [4.69, 9.17) is 4.98 Å². The third kappa shape index (κ3) is 5.22. The SMILES string of the molecule is C=C(c1cc(NC(C)c2ccccc2)nc2ccc(-c3ccc(C#N)cc3)cc12)N1CCCCC1CC. The first kappa shape index (κ1) is 24.6. The monoisotopic (exact) mass is 486 g/mol. The molecule has 0 aliphatic carbocycles. The van der Waals surface area contributed by atoms with E-state index in [2.05, 4.69) is 85.2 Å². The molecular weight excluding hydrogens is 452 g/mol. The summed E-state index contributed by atoms with van der Waals surface area (Å²) in [4.78, 5) is 7.53. The molecule has 0 bridgehead atoms. The van der Waals surface area contributed by atoms with Crippen molar-refractivity contribution < 1.29 is 0 Å². The Kier molecular flexibility index (Phi) is 7.23. The molecule has 2 atom stereocenters. The van der Waals surface area contributed by atoms with Gasteiger partial charge in [-0.1, -0.05) is 62.0 Å². The fourth-order valence-electron chi connectivity index (χ4n) is 5.44. The predicted octanol–water partition coefficient (Wildman–Crippen LogP) is 8.18. The molecule has 0 radical (unpaired) electrons. The van der Waals surface area contributed by atoms with Gasteiger partial charge < -0.3 is 10.2 Å². The number of rotatable bonds is 7. The highest BCUT2D eigenvalue weighted by molar-refractivity contribution is 5.95. The predicted molar refractivity (Wildman–Crippen MR) is 154 cm³/mol. The lowest BCUT2D eigenvalue weighted by Crippen LogP contribution is -2.37. The van der Waals surface area contributed by atoms with Crippen LogP contribution in [0.2, 0.25) is 0 Å². The lowest BCUT2D eigenvalue weighted by molar-refractivity contribution is 0.222. The fourth-order valence-corrected chi connectivity index (χ4v) is 5.44. The van der Waals surface area contributed by atoms with Gasteiger partial charge in [0, 0.05) is 35.3 Å². The molecule has 3 aromatic carbocycles. The van der Waals surface area contributed by atoms with Crippen molar-refractivity contribution in [1.82, 2.24) is 9.88 Å². The summed E-state index contributed by atoms with van der Waals surface area (Å²) in [7, 11) is 0. The molecule has 0 saturated carbocycles. The molecule has 1 aromatic heterocycles. The van der Waals surface area contributed by atoms with E-state index in [1.54, 1.807) is 0 Å². The average molecular weight is 487 g/mol. The molecule has 186 valence electrons. The first-order chi connectivity index (χ1) is 18.1. The van der Waals surface area contributed by atoms with Crippen LogP contribution in [0.25, 0.3) is 27.7 Å². The van der Waals surface area contributed by atoms with Crippen LogP contribution in [0.5, 0.6) is 0 Å². The van der Waals surface area contributed by atoms with Crippen LogP contribution in [-0.2, 0) is 0 Å². The van der Waals surface area contributed by atoms with Crippen molar-refractivity contribution in [2.45, 2.75) is 51.6 Å². The van der Waals surface area contributed by atoms with Crippen LogP contribution in [0.1, 0.15) is 62.3 Å².